The van der Waals surface area contributed by atoms with Gasteiger partial charge < -0.3 is 0 Å². The number of benzene rings is 1. The van der Waals surface area contributed by atoms with Gasteiger partial charge in [-0.15, -0.1) is 0 Å². The van der Waals surface area contributed by atoms with Gasteiger partial charge in [-0.1, -0.05) is 0 Å². The molecule has 6 heteroatoms. The van der Waals surface area contributed by atoms with Crippen LogP contribution in [0.3, 0.4) is 0 Å². The molecule has 0 atom stereocenters. The summed E-state index contributed by atoms with van der Waals surface area (Å²) in [6.45, 7) is -0.0872. The normalized spacial score (nSPS) is 10.4. The zero-order valence-electron chi connectivity index (χ0n) is 10.6. The van der Waals surface area contributed by atoms with Crippen LogP contribution in [-0.4, -0.2) is 39.2 Å². The Morgan fingerprint density at radius 1 is 1.37 bits per heavy atom. The zero-order chi connectivity index (χ0) is 14.1. The summed E-state index contributed by atoms with van der Waals surface area (Å²) in [7, 11) is 0. The fraction of sp³-hybridized carbons (Fsp3) is 0.462. The molecule has 1 aromatic rings. The van der Waals surface area contributed by atoms with Gasteiger partial charge in [-0.25, -0.2) is 0 Å². The third kappa shape index (κ3) is 6.57. The van der Waals surface area contributed by atoms with E-state index in [0.29, 0.717) is 0 Å². The van der Waals surface area contributed by atoms with Gasteiger partial charge >= 0.3 is 118 Å². The number of carbonyl (C=O) groups is 1. The first-order chi connectivity index (χ1) is 9.13. The molecule has 0 heterocycles. The number of carbonyl (C=O) groups excluding carboxylic acids is 1. The quantitative estimate of drug-likeness (QED) is 0.513. The van der Waals surface area contributed by atoms with Gasteiger partial charge in [-0.05, 0) is 0 Å². The Morgan fingerprint density at radius 2 is 2.16 bits per heavy atom. The van der Waals surface area contributed by atoms with E-state index in [1.165, 1.54) is 12.1 Å². The van der Waals surface area contributed by atoms with Gasteiger partial charge in [0.25, 0.3) is 0 Å². The van der Waals surface area contributed by atoms with E-state index in [-0.39, 0.29) is 33.9 Å². The van der Waals surface area contributed by atoms with Crippen LogP contribution in [-0.2, 0) is 4.79 Å². The fourth-order valence-electron chi connectivity index (χ4n) is 1.42. The molecule has 1 amide bonds. The van der Waals surface area contributed by atoms with Gasteiger partial charge in [0, 0.05) is 0 Å². The molecule has 0 aliphatic rings. The van der Waals surface area contributed by atoms with Crippen LogP contribution in [0.25, 0.3) is 0 Å². The van der Waals surface area contributed by atoms with Crippen LogP contribution in [0.4, 0.5) is 4.39 Å². The molecule has 0 aliphatic carbocycles. The fourth-order valence-corrected chi connectivity index (χ4v) is 3.38. The molecule has 0 unspecified atom stereocenters. The first-order valence-electron chi connectivity index (χ1n) is 6.08. The summed E-state index contributed by atoms with van der Waals surface area (Å²) in [4.78, 5) is 10.5. The molecule has 0 spiro atoms. The molecule has 3 N–H and O–H groups in total. The van der Waals surface area contributed by atoms with Crippen LogP contribution < -0.4 is 14.9 Å². The number of aliphatic hydroxyl groups is 1. The number of rotatable bonds is 9. The standard InChI is InChI=1S/C13H18FNO3Se/c14-11-8-10(19-7-3-1-2-6-16)4-5-12(11)18-9-13(15)17/h4-5,8,16H,1-3,6-7,9H2,(H2,15,17). The third-order valence-corrected chi connectivity index (χ3v) is 4.61. The van der Waals surface area contributed by atoms with Crippen molar-refractivity contribution < 1.29 is 19.0 Å². The Labute approximate surface area is 118 Å². The van der Waals surface area contributed by atoms with Crippen molar-refractivity contribution in [3.63, 3.8) is 0 Å². The Hall–Kier alpha value is -1.10. The third-order valence-electron chi connectivity index (χ3n) is 2.34. The average molecular weight is 334 g/mol. The number of aliphatic hydroxyl groups excluding tert-OH is 1. The van der Waals surface area contributed by atoms with Crippen LogP contribution in [0.1, 0.15) is 19.3 Å². The van der Waals surface area contributed by atoms with E-state index in [1.54, 1.807) is 0 Å². The van der Waals surface area contributed by atoms with Crippen LogP contribution in [0.15, 0.2) is 18.2 Å². The number of hydrogen-bond acceptors (Lipinski definition) is 3. The summed E-state index contributed by atoms with van der Waals surface area (Å²) in [6.07, 6.45) is 2.87. The summed E-state index contributed by atoms with van der Waals surface area (Å²) >= 11 is 0.221. The van der Waals surface area contributed by atoms with Crippen molar-refractivity contribution in [1.82, 2.24) is 0 Å². The number of unbranched alkanes of at least 4 members (excludes halogenated alkanes) is 2. The van der Waals surface area contributed by atoms with Gasteiger partial charge in [0.1, 0.15) is 0 Å². The summed E-state index contributed by atoms with van der Waals surface area (Å²) < 4.78 is 19.5. The molecule has 1 aromatic carbocycles. The number of ether oxygens (including phenoxy) is 1. The summed E-state index contributed by atoms with van der Waals surface area (Å²) in [5.41, 5.74) is 4.92. The molecule has 19 heavy (non-hydrogen) atoms. The molecule has 1 rings (SSSR count). The van der Waals surface area contributed by atoms with Crippen LogP contribution in [0.2, 0.25) is 5.32 Å². The molecule has 0 fully saturated rings. The second kappa shape index (κ2) is 8.91. The SMILES string of the molecule is NC(=O)COc1ccc([Se]CCCCCO)cc1F. The zero-order valence-corrected chi connectivity index (χ0v) is 12.3. The summed E-state index contributed by atoms with van der Waals surface area (Å²) in [5.74, 6) is -1.04. The van der Waals surface area contributed by atoms with Crippen molar-refractivity contribution >= 4 is 25.3 Å². The second-order valence-electron chi connectivity index (χ2n) is 3.98. The summed E-state index contributed by atoms with van der Waals surface area (Å²) in [5, 5.41) is 9.67. The average Bonchev–Trinajstić information content (AvgIpc) is 2.37. The molecule has 0 saturated carbocycles. The molecule has 4 nitrogen and oxygen atoms in total. The van der Waals surface area contributed by atoms with Gasteiger partial charge in [0.15, 0.2) is 0 Å². The van der Waals surface area contributed by atoms with Crippen molar-refractivity contribution in [2.75, 3.05) is 13.2 Å². The maximum absolute atomic E-state index is 13.6. The molecular weight excluding hydrogens is 316 g/mol. The van der Waals surface area contributed by atoms with Crippen molar-refractivity contribution in [2.24, 2.45) is 5.73 Å². The molecule has 0 radical (unpaired) electrons. The molecule has 0 bridgehead atoms. The van der Waals surface area contributed by atoms with E-state index in [1.807, 2.05) is 6.07 Å². The minimum absolute atomic E-state index is 0.0543. The number of amides is 1. The van der Waals surface area contributed by atoms with Gasteiger partial charge in [-0.2, -0.15) is 0 Å². The molecule has 0 aliphatic heterocycles. The van der Waals surface area contributed by atoms with E-state index in [2.05, 4.69) is 0 Å². The summed E-state index contributed by atoms with van der Waals surface area (Å²) in [6, 6.07) is 4.79. The molecule has 106 valence electrons. The van der Waals surface area contributed by atoms with E-state index >= 15 is 0 Å². The first-order valence-corrected chi connectivity index (χ1v) is 8.14. The topological polar surface area (TPSA) is 72.6 Å². The van der Waals surface area contributed by atoms with Crippen molar-refractivity contribution in [3.05, 3.63) is 24.0 Å². The van der Waals surface area contributed by atoms with Crippen molar-refractivity contribution in [2.45, 2.75) is 24.6 Å². The first kappa shape index (κ1) is 16.0. The maximum atomic E-state index is 13.6. The predicted molar refractivity (Wildman–Crippen MR) is 72.2 cm³/mol. The molecule has 0 aromatic heterocycles. The number of halogens is 1. The van der Waals surface area contributed by atoms with Crippen molar-refractivity contribution in [1.29, 1.82) is 0 Å². The van der Waals surface area contributed by atoms with Crippen LogP contribution >= 0.6 is 0 Å². The van der Waals surface area contributed by atoms with E-state index in [4.69, 9.17) is 15.6 Å². The monoisotopic (exact) mass is 335 g/mol. The number of hydrogen-bond donors (Lipinski definition) is 2. The number of primary amides is 1. The number of nitrogens with two attached hydrogens (primary N) is 1. The second-order valence-corrected chi connectivity index (χ2v) is 6.43. The Bertz CT molecular complexity index is 415. The Morgan fingerprint density at radius 3 is 2.79 bits per heavy atom. The Kier molecular flexibility index (Phi) is 7.48. The van der Waals surface area contributed by atoms with E-state index in [0.717, 1.165) is 29.0 Å². The van der Waals surface area contributed by atoms with Crippen LogP contribution in [0, 0.1) is 5.82 Å². The molecular formula is C13H18FNO3Se. The minimum atomic E-state index is -0.628. The van der Waals surface area contributed by atoms with E-state index in [9.17, 15) is 9.18 Å². The van der Waals surface area contributed by atoms with Crippen LogP contribution in [0.5, 0.6) is 5.75 Å². The van der Waals surface area contributed by atoms with Crippen molar-refractivity contribution in [3.8, 4) is 5.75 Å². The molecule has 0 saturated heterocycles. The van der Waals surface area contributed by atoms with Gasteiger partial charge in [0.05, 0.1) is 0 Å². The Balaban J connectivity index is 2.40. The predicted octanol–water partition coefficient (Wildman–Crippen LogP) is 0.600. The van der Waals surface area contributed by atoms with Gasteiger partial charge in [0.2, 0.25) is 0 Å². The van der Waals surface area contributed by atoms with Gasteiger partial charge in [-0.3, -0.25) is 0 Å². The van der Waals surface area contributed by atoms with E-state index < -0.39 is 11.7 Å².